The third kappa shape index (κ3) is 5.82. The number of carbonyl (C=O) groups is 2. The molecule has 0 radical (unpaired) electrons. The second-order valence-electron chi connectivity index (χ2n) is 6.97. The highest BCUT2D eigenvalue weighted by Crippen LogP contribution is 2.38. The molecule has 1 saturated heterocycles. The van der Waals surface area contributed by atoms with Gasteiger partial charge >= 0.3 is 5.97 Å². The van der Waals surface area contributed by atoms with E-state index in [4.69, 9.17) is 33.0 Å². The van der Waals surface area contributed by atoms with Gasteiger partial charge in [0.15, 0.2) is 11.8 Å². The van der Waals surface area contributed by atoms with Crippen molar-refractivity contribution < 1.29 is 19.4 Å². The molecule has 1 N–H and O–H groups in total. The number of hydrogen-bond donors (Lipinski definition) is 1. The van der Waals surface area contributed by atoms with E-state index in [9.17, 15) is 9.59 Å². The molecule has 4 rings (SSSR count). The summed E-state index contributed by atoms with van der Waals surface area (Å²) in [5.74, 6) is -0.911. The summed E-state index contributed by atoms with van der Waals surface area (Å²) in [5.41, 5.74) is 2.02. The Balaban J connectivity index is 1.68. The van der Waals surface area contributed by atoms with Gasteiger partial charge in [0, 0.05) is 10.0 Å². The molecule has 34 heavy (non-hydrogen) atoms. The highest BCUT2D eigenvalue weighted by Gasteiger charge is 2.34. The summed E-state index contributed by atoms with van der Waals surface area (Å²) in [4.78, 5) is 30.8. The number of carbonyl (C=O) groups excluding carboxylic acids is 1. The maximum Gasteiger partial charge on any atom is 0.341 e. The van der Waals surface area contributed by atoms with E-state index < -0.39 is 12.6 Å². The molecular formula is C24H15BrCl2N2O4S. The number of rotatable bonds is 6. The smallest absolute Gasteiger partial charge is 0.341 e. The second-order valence-corrected chi connectivity index (χ2v) is 9.71. The lowest BCUT2D eigenvalue weighted by atomic mass is 10.2. The fourth-order valence-corrected chi connectivity index (χ4v) is 4.77. The number of aliphatic imine (C=N–C) groups is 1. The van der Waals surface area contributed by atoms with Gasteiger partial charge in [-0.15, -0.1) is 0 Å². The van der Waals surface area contributed by atoms with Crippen LogP contribution in [0.3, 0.4) is 0 Å². The van der Waals surface area contributed by atoms with Crippen molar-refractivity contribution in [3.8, 4) is 5.75 Å². The van der Waals surface area contributed by atoms with Gasteiger partial charge in [-0.2, -0.15) is 0 Å². The lowest BCUT2D eigenvalue weighted by Crippen LogP contribution is -2.28. The number of halogens is 3. The number of benzene rings is 3. The summed E-state index contributed by atoms with van der Waals surface area (Å²) in [6.07, 6.45) is 1.74. The Hall–Kier alpha value is -2.78. The Morgan fingerprint density at radius 1 is 1.06 bits per heavy atom. The van der Waals surface area contributed by atoms with E-state index in [-0.39, 0.29) is 5.91 Å². The Morgan fingerprint density at radius 2 is 1.71 bits per heavy atom. The molecule has 0 spiro atoms. The molecule has 172 valence electrons. The zero-order chi connectivity index (χ0) is 24.2. The van der Waals surface area contributed by atoms with Crippen LogP contribution in [0.1, 0.15) is 5.56 Å². The highest BCUT2D eigenvalue weighted by molar-refractivity contribution is 9.10. The van der Waals surface area contributed by atoms with Crippen LogP contribution in [0.5, 0.6) is 5.75 Å². The normalized spacial score (nSPS) is 15.9. The molecule has 1 heterocycles. The van der Waals surface area contributed by atoms with Crippen LogP contribution >= 0.6 is 50.9 Å². The van der Waals surface area contributed by atoms with E-state index in [0.717, 1.165) is 5.56 Å². The molecule has 1 amide bonds. The predicted octanol–water partition coefficient (Wildman–Crippen LogP) is 7.03. The number of aliphatic carboxylic acids is 1. The van der Waals surface area contributed by atoms with Crippen LogP contribution in [0.15, 0.2) is 81.1 Å². The van der Waals surface area contributed by atoms with Crippen molar-refractivity contribution in [3.63, 3.8) is 0 Å². The topological polar surface area (TPSA) is 79.2 Å². The molecular weight excluding hydrogens is 563 g/mol. The minimum atomic E-state index is -1.07. The molecule has 3 aromatic rings. The molecule has 3 aromatic carbocycles. The SMILES string of the molecule is O=C(O)COc1ccc(/C=C2\SC(=Nc3ccc(Cl)cc3)N(c3ccc(Cl)cc3)C2=O)cc1Br. The maximum atomic E-state index is 13.4. The first-order chi connectivity index (χ1) is 16.3. The molecule has 0 aromatic heterocycles. The van der Waals surface area contributed by atoms with E-state index in [1.807, 2.05) is 0 Å². The summed E-state index contributed by atoms with van der Waals surface area (Å²) in [6.45, 7) is -0.450. The highest BCUT2D eigenvalue weighted by atomic mass is 79.9. The lowest BCUT2D eigenvalue weighted by Gasteiger charge is -2.15. The van der Waals surface area contributed by atoms with Gasteiger partial charge in [-0.3, -0.25) is 9.69 Å². The van der Waals surface area contributed by atoms with Crippen LogP contribution in [0.2, 0.25) is 10.0 Å². The molecule has 0 aliphatic carbocycles. The average Bonchev–Trinajstić information content (AvgIpc) is 3.10. The molecule has 10 heteroatoms. The fraction of sp³-hybridized carbons (Fsp3) is 0.0417. The summed E-state index contributed by atoms with van der Waals surface area (Å²) < 4.78 is 5.81. The molecule has 6 nitrogen and oxygen atoms in total. The van der Waals surface area contributed by atoms with Crippen LogP contribution < -0.4 is 9.64 Å². The molecule has 0 unspecified atom stereocenters. The number of amides is 1. The number of carboxylic acid groups (broad SMARTS) is 1. The van der Waals surface area contributed by atoms with Gasteiger partial charge in [0.2, 0.25) is 0 Å². The first-order valence-electron chi connectivity index (χ1n) is 9.78. The minimum Gasteiger partial charge on any atom is -0.481 e. The number of carboxylic acids is 1. The Bertz CT molecular complexity index is 1310. The van der Waals surface area contributed by atoms with Crippen molar-refractivity contribution in [2.75, 3.05) is 11.5 Å². The molecule has 0 atom stereocenters. The fourth-order valence-electron chi connectivity index (χ4n) is 3.01. The monoisotopic (exact) mass is 576 g/mol. The first kappa shape index (κ1) is 24.3. The average molecular weight is 578 g/mol. The summed E-state index contributed by atoms with van der Waals surface area (Å²) in [6, 6.07) is 19.1. The number of ether oxygens (including phenoxy) is 1. The van der Waals surface area contributed by atoms with Gasteiger partial charge in [-0.1, -0.05) is 29.3 Å². The van der Waals surface area contributed by atoms with Crippen molar-refractivity contribution in [3.05, 3.63) is 91.7 Å². The number of amidine groups is 1. The third-order valence-electron chi connectivity index (χ3n) is 4.55. The maximum absolute atomic E-state index is 13.4. The van der Waals surface area contributed by atoms with Crippen molar-refractivity contribution in [2.24, 2.45) is 4.99 Å². The van der Waals surface area contributed by atoms with E-state index >= 15 is 0 Å². The molecule has 0 saturated carbocycles. The van der Waals surface area contributed by atoms with E-state index in [0.29, 0.717) is 41.7 Å². The number of hydrogen-bond acceptors (Lipinski definition) is 5. The van der Waals surface area contributed by atoms with E-state index in [2.05, 4.69) is 20.9 Å². The first-order valence-corrected chi connectivity index (χ1v) is 12.1. The predicted molar refractivity (Wildman–Crippen MR) is 140 cm³/mol. The quantitative estimate of drug-likeness (QED) is 0.318. The van der Waals surface area contributed by atoms with Crippen LogP contribution in [-0.2, 0) is 9.59 Å². The Kier molecular flexibility index (Phi) is 7.63. The number of thioether (sulfide) groups is 1. The largest absolute Gasteiger partial charge is 0.481 e. The number of nitrogens with zero attached hydrogens (tertiary/aromatic N) is 2. The van der Waals surface area contributed by atoms with Gasteiger partial charge in [0.05, 0.1) is 20.8 Å². The summed E-state index contributed by atoms with van der Waals surface area (Å²) in [7, 11) is 0. The van der Waals surface area contributed by atoms with Gasteiger partial charge in [0.25, 0.3) is 5.91 Å². The molecule has 1 aliphatic heterocycles. The standard InChI is InChI=1S/C24H15BrCl2N2O4S/c25-19-11-14(1-10-20(19)33-13-22(30)31)12-21-23(32)29(18-8-4-16(27)5-9-18)24(34-21)28-17-6-2-15(26)3-7-17/h1-12H,13H2,(H,30,31)/b21-12-,28-24?. The van der Waals surface area contributed by atoms with Crippen molar-refractivity contribution in [1.29, 1.82) is 0 Å². The van der Waals surface area contributed by atoms with Crippen molar-refractivity contribution >= 4 is 85.4 Å². The summed E-state index contributed by atoms with van der Waals surface area (Å²) in [5, 5.41) is 10.4. The van der Waals surface area contributed by atoms with Crippen LogP contribution in [0.4, 0.5) is 11.4 Å². The van der Waals surface area contributed by atoms with Crippen LogP contribution in [0.25, 0.3) is 6.08 Å². The van der Waals surface area contributed by atoms with Crippen molar-refractivity contribution in [2.45, 2.75) is 0 Å². The van der Waals surface area contributed by atoms with Gasteiger partial charge in [-0.25, -0.2) is 9.79 Å². The van der Waals surface area contributed by atoms with Gasteiger partial charge < -0.3 is 9.84 Å². The Labute approximate surface area is 218 Å². The van der Waals surface area contributed by atoms with E-state index in [1.54, 1.807) is 72.8 Å². The molecule has 1 fully saturated rings. The van der Waals surface area contributed by atoms with Gasteiger partial charge in [0.1, 0.15) is 5.75 Å². The number of anilines is 1. The van der Waals surface area contributed by atoms with Crippen LogP contribution in [0, 0.1) is 0 Å². The lowest BCUT2D eigenvalue weighted by molar-refractivity contribution is -0.139. The zero-order valence-electron chi connectivity index (χ0n) is 17.2. The Morgan fingerprint density at radius 3 is 2.32 bits per heavy atom. The van der Waals surface area contributed by atoms with Gasteiger partial charge in [-0.05, 0) is 100.0 Å². The third-order valence-corrected chi connectivity index (χ3v) is 6.64. The minimum absolute atomic E-state index is 0.234. The summed E-state index contributed by atoms with van der Waals surface area (Å²) >= 11 is 16.6. The molecule has 1 aliphatic rings. The van der Waals surface area contributed by atoms with Crippen molar-refractivity contribution in [1.82, 2.24) is 0 Å². The zero-order valence-corrected chi connectivity index (χ0v) is 21.2. The van der Waals surface area contributed by atoms with Crippen LogP contribution in [-0.4, -0.2) is 28.8 Å². The van der Waals surface area contributed by atoms with E-state index in [1.165, 1.54) is 16.7 Å². The molecule has 0 bridgehead atoms. The second kappa shape index (κ2) is 10.7.